The molecule has 226 valence electrons. The van der Waals surface area contributed by atoms with Crippen LogP contribution in [0, 0.1) is 22.7 Å². The lowest BCUT2D eigenvalue weighted by atomic mass is 9.48. The van der Waals surface area contributed by atoms with Crippen LogP contribution in [0.4, 0.5) is 0 Å². The molecule has 0 spiro atoms. The number of fused-ring (bicyclic) bond motifs is 1. The third-order valence-electron chi connectivity index (χ3n) is 9.73. The first kappa shape index (κ1) is 30.4. The number of ether oxygens (including phenoxy) is 4. The van der Waals surface area contributed by atoms with E-state index in [0.29, 0.717) is 43.4 Å². The molecule has 0 radical (unpaired) electrons. The average molecular weight is 579 g/mol. The van der Waals surface area contributed by atoms with E-state index >= 15 is 0 Å². The zero-order chi connectivity index (χ0) is 29.7. The third-order valence-corrected chi connectivity index (χ3v) is 9.73. The van der Waals surface area contributed by atoms with Crippen molar-refractivity contribution in [2.24, 2.45) is 22.7 Å². The van der Waals surface area contributed by atoms with Crippen LogP contribution in [0.5, 0.6) is 0 Å². The molecule has 3 fully saturated rings. The summed E-state index contributed by atoms with van der Waals surface area (Å²) in [6.45, 7) is 4.61. The van der Waals surface area contributed by atoms with E-state index in [1.807, 2.05) is 26.0 Å². The van der Waals surface area contributed by atoms with Crippen molar-refractivity contribution in [1.29, 1.82) is 0 Å². The summed E-state index contributed by atoms with van der Waals surface area (Å²) in [4.78, 5) is 40.2. The molecule has 2 aliphatic carbocycles. The van der Waals surface area contributed by atoms with Gasteiger partial charge in [0.1, 0.15) is 18.5 Å². The first-order valence-corrected chi connectivity index (χ1v) is 15.2. The summed E-state index contributed by atoms with van der Waals surface area (Å²) in [6.07, 6.45) is 3.00. The second kappa shape index (κ2) is 13.1. The molecule has 2 unspecified atom stereocenters. The normalized spacial score (nSPS) is 31.9. The molecule has 42 heavy (non-hydrogen) atoms. The van der Waals surface area contributed by atoms with Gasteiger partial charge in [-0.3, -0.25) is 4.79 Å². The number of rotatable bonds is 9. The van der Waals surface area contributed by atoms with Gasteiger partial charge >= 0.3 is 11.9 Å². The van der Waals surface area contributed by atoms with Crippen molar-refractivity contribution in [3.8, 4) is 0 Å². The summed E-state index contributed by atoms with van der Waals surface area (Å²) in [5.41, 5.74) is -0.726. The van der Waals surface area contributed by atoms with Crippen LogP contribution >= 0.6 is 0 Å². The minimum Gasteiger partial charge on any atom is -0.461 e. The van der Waals surface area contributed by atoms with Gasteiger partial charge in [-0.05, 0) is 75.1 Å². The maximum absolute atomic E-state index is 14.1. The van der Waals surface area contributed by atoms with Gasteiger partial charge in [-0.25, -0.2) is 9.59 Å². The lowest BCUT2D eigenvalue weighted by Crippen LogP contribution is -2.61. The van der Waals surface area contributed by atoms with Crippen LogP contribution in [-0.4, -0.2) is 61.1 Å². The summed E-state index contributed by atoms with van der Waals surface area (Å²) < 4.78 is 23.4. The average Bonchev–Trinajstić information content (AvgIpc) is 3.02. The number of aliphatic hydroxyl groups is 1. The van der Waals surface area contributed by atoms with Crippen LogP contribution in [0.1, 0.15) is 79.5 Å². The highest BCUT2D eigenvalue weighted by Crippen LogP contribution is 2.58. The molecule has 1 heterocycles. The molecule has 0 amide bonds. The Hall–Kier alpha value is -3.07. The van der Waals surface area contributed by atoms with Crippen molar-refractivity contribution in [3.63, 3.8) is 0 Å². The summed E-state index contributed by atoms with van der Waals surface area (Å²) in [5, 5.41) is 11.1. The standard InChI is InChI=1S/C34H42O8/c1-33-19-18-28(42-32(38)24-13-7-4-8-14-24)34(2,22-41-31(37)23-11-5-3-6-12-23)27(33)17-16-25(30(33)36)26(35)21-40-29-15-9-10-20-39-29/h3-8,11-14,25-29,35H,9-10,15-22H2,1-2H3/t25-,26?,27+,28-,29?,33-,34+/m0/s1. The fourth-order valence-electron chi connectivity index (χ4n) is 7.30. The molecule has 7 atom stereocenters. The lowest BCUT2D eigenvalue weighted by molar-refractivity contribution is -0.191. The van der Waals surface area contributed by atoms with Gasteiger partial charge in [-0.2, -0.15) is 0 Å². The van der Waals surface area contributed by atoms with Crippen LogP contribution in [0.3, 0.4) is 0 Å². The number of aliphatic hydroxyl groups excluding tert-OH is 1. The SMILES string of the molecule is C[C@]1(COC(=O)c2ccccc2)[C@@H](OC(=O)c2ccccc2)CC[C@]2(C)C(=O)[C@H](C(O)COC3CCCCO3)CC[C@@H]12. The molecule has 1 aliphatic heterocycles. The van der Waals surface area contributed by atoms with E-state index in [2.05, 4.69) is 0 Å². The van der Waals surface area contributed by atoms with Gasteiger partial charge < -0.3 is 24.1 Å². The fraction of sp³-hybridized carbons (Fsp3) is 0.559. The molecule has 8 nitrogen and oxygen atoms in total. The molecule has 5 rings (SSSR count). The smallest absolute Gasteiger partial charge is 0.338 e. The highest BCUT2D eigenvalue weighted by atomic mass is 16.7. The van der Waals surface area contributed by atoms with Crippen LogP contribution in [0.2, 0.25) is 0 Å². The number of hydrogen-bond donors (Lipinski definition) is 1. The Morgan fingerprint density at radius 3 is 2.24 bits per heavy atom. The van der Waals surface area contributed by atoms with Gasteiger partial charge in [0.25, 0.3) is 0 Å². The molecule has 2 aromatic rings. The molecule has 2 saturated carbocycles. The number of benzene rings is 2. The molecule has 0 bridgehead atoms. The second-order valence-corrected chi connectivity index (χ2v) is 12.5. The van der Waals surface area contributed by atoms with E-state index in [1.54, 1.807) is 48.5 Å². The van der Waals surface area contributed by atoms with E-state index in [0.717, 1.165) is 19.3 Å². The highest BCUT2D eigenvalue weighted by Gasteiger charge is 2.61. The Balaban J connectivity index is 1.34. The Labute approximate surface area is 247 Å². The van der Waals surface area contributed by atoms with Crippen molar-refractivity contribution in [1.82, 2.24) is 0 Å². The van der Waals surface area contributed by atoms with Crippen LogP contribution in [-0.2, 0) is 23.7 Å². The Bertz CT molecular complexity index is 1230. The monoisotopic (exact) mass is 578 g/mol. The Morgan fingerprint density at radius 2 is 1.60 bits per heavy atom. The number of carbonyl (C=O) groups excluding carboxylic acids is 3. The summed E-state index contributed by atoms with van der Waals surface area (Å²) >= 11 is 0. The van der Waals surface area contributed by atoms with Crippen LogP contribution in [0.15, 0.2) is 60.7 Å². The number of esters is 2. The topological polar surface area (TPSA) is 108 Å². The van der Waals surface area contributed by atoms with E-state index in [-0.39, 0.29) is 31.2 Å². The molecule has 2 aromatic carbocycles. The van der Waals surface area contributed by atoms with E-state index in [1.165, 1.54) is 0 Å². The predicted octanol–water partition coefficient (Wildman–Crippen LogP) is 5.37. The summed E-state index contributed by atoms with van der Waals surface area (Å²) in [5.74, 6) is -1.70. The molecule has 8 heteroatoms. The minimum atomic E-state index is -0.934. The maximum atomic E-state index is 14.1. The van der Waals surface area contributed by atoms with Crippen molar-refractivity contribution < 1.29 is 38.4 Å². The zero-order valence-electron chi connectivity index (χ0n) is 24.5. The zero-order valence-corrected chi connectivity index (χ0v) is 24.5. The van der Waals surface area contributed by atoms with Gasteiger partial charge in [-0.15, -0.1) is 0 Å². The fourth-order valence-corrected chi connectivity index (χ4v) is 7.30. The number of carbonyl (C=O) groups is 3. The molecular formula is C34H42O8. The number of Topliss-reactive ketones (excluding diaryl/α,β-unsaturated/α-hetero) is 1. The predicted molar refractivity (Wildman–Crippen MR) is 155 cm³/mol. The molecule has 1 N–H and O–H groups in total. The third kappa shape index (κ3) is 6.31. The van der Waals surface area contributed by atoms with Crippen LogP contribution < -0.4 is 0 Å². The number of hydrogen-bond acceptors (Lipinski definition) is 8. The second-order valence-electron chi connectivity index (χ2n) is 12.5. The minimum absolute atomic E-state index is 0.00362. The largest absolute Gasteiger partial charge is 0.461 e. The van der Waals surface area contributed by atoms with E-state index < -0.39 is 40.9 Å². The van der Waals surface area contributed by atoms with E-state index in [9.17, 15) is 19.5 Å². The Morgan fingerprint density at radius 1 is 0.929 bits per heavy atom. The van der Waals surface area contributed by atoms with Crippen molar-refractivity contribution >= 4 is 17.7 Å². The van der Waals surface area contributed by atoms with E-state index in [4.69, 9.17) is 18.9 Å². The first-order valence-electron chi connectivity index (χ1n) is 15.2. The highest BCUT2D eigenvalue weighted by molar-refractivity contribution is 5.91. The Kier molecular flexibility index (Phi) is 9.45. The molecule has 3 aliphatic rings. The lowest BCUT2D eigenvalue weighted by Gasteiger charge is -2.57. The maximum Gasteiger partial charge on any atom is 0.338 e. The summed E-state index contributed by atoms with van der Waals surface area (Å²) in [6, 6.07) is 17.6. The quantitative estimate of drug-likeness (QED) is 0.396. The van der Waals surface area contributed by atoms with Gasteiger partial charge in [0.15, 0.2) is 6.29 Å². The van der Waals surface area contributed by atoms with Crippen molar-refractivity contribution in [3.05, 3.63) is 71.8 Å². The van der Waals surface area contributed by atoms with Gasteiger partial charge in [-0.1, -0.05) is 50.2 Å². The summed E-state index contributed by atoms with van der Waals surface area (Å²) in [7, 11) is 0. The molecule has 0 aromatic heterocycles. The van der Waals surface area contributed by atoms with Gasteiger partial charge in [0, 0.05) is 23.4 Å². The molecular weight excluding hydrogens is 536 g/mol. The van der Waals surface area contributed by atoms with Crippen molar-refractivity contribution in [2.75, 3.05) is 19.8 Å². The first-order chi connectivity index (χ1) is 20.2. The van der Waals surface area contributed by atoms with Crippen molar-refractivity contribution in [2.45, 2.75) is 77.3 Å². The van der Waals surface area contributed by atoms with Gasteiger partial charge in [0.05, 0.1) is 23.8 Å². The van der Waals surface area contributed by atoms with Gasteiger partial charge in [0.2, 0.25) is 0 Å². The molecule has 1 saturated heterocycles. The van der Waals surface area contributed by atoms with Crippen LogP contribution in [0.25, 0.3) is 0 Å². The number of ketones is 1.